The fourth-order valence-electron chi connectivity index (χ4n) is 3.55. The second kappa shape index (κ2) is 6.81. The van der Waals surface area contributed by atoms with Crippen molar-refractivity contribution in [3.63, 3.8) is 0 Å². The van der Waals surface area contributed by atoms with Gasteiger partial charge in [-0.15, -0.1) is 0 Å². The number of amides is 1. The summed E-state index contributed by atoms with van der Waals surface area (Å²) >= 11 is 0. The van der Waals surface area contributed by atoms with Crippen LogP contribution in [0, 0.1) is 5.82 Å². The summed E-state index contributed by atoms with van der Waals surface area (Å²) in [6.45, 7) is 3.25. The van der Waals surface area contributed by atoms with Gasteiger partial charge >= 0.3 is 12.1 Å². The zero-order valence-electron chi connectivity index (χ0n) is 16.7. The molecular formula is C19H16F6N6O. The number of anilines is 2. The number of benzene rings is 1. The molecule has 0 saturated carbocycles. The number of aromatic nitrogens is 4. The average Bonchev–Trinajstić information content (AvgIpc) is 3.13. The maximum Gasteiger partial charge on any atom is 0.453 e. The Bertz CT molecular complexity index is 1250. The van der Waals surface area contributed by atoms with Crippen LogP contribution >= 0.6 is 0 Å². The molecule has 32 heavy (non-hydrogen) atoms. The number of alkyl halides is 5. The molecule has 0 spiro atoms. The smallest absolute Gasteiger partial charge is 0.383 e. The minimum atomic E-state index is -5.72. The number of carbonyl (C=O) groups excluding carboxylic acids is 1. The van der Waals surface area contributed by atoms with E-state index in [9.17, 15) is 31.1 Å². The van der Waals surface area contributed by atoms with Crippen LogP contribution in [0.4, 0.5) is 38.0 Å². The Hall–Kier alpha value is -3.38. The quantitative estimate of drug-likeness (QED) is 0.578. The van der Waals surface area contributed by atoms with Crippen molar-refractivity contribution in [2.45, 2.75) is 44.2 Å². The summed E-state index contributed by atoms with van der Waals surface area (Å²) in [7, 11) is 0. The van der Waals surface area contributed by atoms with Gasteiger partial charge in [-0.2, -0.15) is 41.7 Å². The van der Waals surface area contributed by atoms with Crippen molar-refractivity contribution < 1.29 is 31.1 Å². The van der Waals surface area contributed by atoms with Crippen LogP contribution in [0.15, 0.2) is 18.2 Å². The van der Waals surface area contributed by atoms with Gasteiger partial charge in [0.15, 0.2) is 0 Å². The standard InChI is InChI=1S/C19H16F6N6O/c1-17(2)12-13(26)27-16(29-14(12)28-15(17)32)31-11-4-3-8(20)7-9(11)10(30-31)5-6-18(21,22)19(23,24)25/h3-4,7H,5-6H2,1-2H3,(H3,26,27,28,29,32). The van der Waals surface area contributed by atoms with Crippen LogP contribution in [-0.4, -0.2) is 37.8 Å². The van der Waals surface area contributed by atoms with E-state index < -0.39 is 36.2 Å². The number of hydrogen-bond acceptors (Lipinski definition) is 5. The van der Waals surface area contributed by atoms with Gasteiger partial charge in [0.25, 0.3) is 5.95 Å². The predicted octanol–water partition coefficient (Wildman–Crippen LogP) is 3.90. The topological polar surface area (TPSA) is 98.7 Å². The first-order valence-electron chi connectivity index (χ1n) is 9.34. The Kier molecular flexibility index (Phi) is 4.65. The fraction of sp³-hybridized carbons (Fsp3) is 0.368. The Morgan fingerprint density at radius 3 is 2.50 bits per heavy atom. The first-order valence-corrected chi connectivity index (χ1v) is 9.34. The Balaban J connectivity index is 1.81. The molecule has 0 saturated heterocycles. The summed E-state index contributed by atoms with van der Waals surface area (Å²) in [6.07, 6.45) is -8.08. The highest BCUT2D eigenvalue weighted by Gasteiger charge is 2.56. The normalized spacial score (nSPS) is 15.8. The van der Waals surface area contributed by atoms with E-state index in [0.717, 1.165) is 16.8 Å². The Morgan fingerprint density at radius 1 is 1.16 bits per heavy atom. The van der Waals surface area contributed by atoms with Gasteiger partial charge in [-0.1, -0.05) is 0 Å². The van der Waals surface area contributed by atoms with Crippen molar-refractivity contribution in [3.8, 4) is 5.95 Å². The molecule has 3 aromatic rings. The number of fused-ring (bicyclic) bond motifs is 2. The second-order valence-electron chi connectivity index (χ2n) is 7.93. The third-order valence-corrected chi connectivity index (χ3v) is 5.35. The van der Waals surface area contributed by atoms with Crippen molar-refractivity contribution in [1.82, 2.24) is 19.7 Å². The molecule has 3 N–H and O–H groups in total. The van der Waals surface area contributed by atoms with E-state index in [1.165, 1.54) is 6.07 Å². The number of nitrogens with zero attached hydrogens (tertiary/aromatic N) is 4. The molecule has 0 unspecified atom stereocenters. The number of carbonyl (C=O) groups is 1. The molecule has 0 atom stereocenters. The van der Waals surface area contributed by atoms with E-state index >= 15 is 0 Å². The molecule has 13 heteroatoms. The van der Waals surface area contributed by atoms with E-state index in [4.69, 9.17) is 5.73 Å². The van der Waals surface area contributed by atoms with Crippen LogP contribution in [0.1, 0.15) is 31.5 Å². The molecule has 4 rings (SSSR count). The number of hydrogen-bond donors (Lipinski definition) is 2. The highest BCUT2D eigenvalue weighted by atomic mass is 19.4. The van der Waals surface area contributed by atoms with Crippen molar-refractivity contribution in [2.24, 2.45) is 0 Å². The highest BCUT2D eigenvalue weighted by Crippen LogP contribution is 2.41. The lowest BCUT2D eigenvalue weighted by Crippen LogP contribution is -2.36. The summed E-state index contributed by atoms with van der Waals surface area (Å²) in [6, 6.07) is 3.30. The molecule has 170 valence electrons. The van der Waals surface area contributed by atoms with Crippen molar-refractivity contribution in [1.29, 1.82) is 0 Å². The van der Waals surface area contributed by atoms with Gasteiger partial charge in [-0.05, 0) is 38.5 Å². The molecule has 1 aliphatic heterocycles. The lowest BCUT2D eigenvalue weighted by atomic mass is 9.87. The molecule has 3 heterocycles. The largest absolute Gasteiger partial charge is 0.453 e. The molecule has 1 aliphatic rings. The summed E-state index contributed by atoms with van der Waals surface area (Å²) in [4.78, 5) is 20.6. The highest BCUT2D eigenvalue weighted by molar-refractivity contribution is 6.06. The first kappa shape index (κ1) is 21.8. The van der Waals surface area contributed by atoms with Gasteiger partial charge in [-0.25, -0.2) is 4.39 Å². The lowest BCUT2D eigenvalue weighted by molar-refractivity contribution is -0.284. The monoisotopic (exact) mass is 458 g/mol. The number of rotatable bonds is 4. The SMILES string of the molecule is CC1(C)C(=O)Nc2nc(-n3nc(CCC(F)(F)C(F)(F)F)c4cc(F)ccc43)nc(N)c21. The maximum absolute atomic E-state index is 13.8. The van der Waals surface area contributed by atoms with Crippen LogP contribution in [-0.2, 0) is 16.6 Å². The molecule has 1 aromatic carbocycles. The van der Waals surface area contributed by atoms with Crippen LogP contribution in [0.5, 0.6) is 0 Å². The fourth-order valence-corrected chi connectivity index (χ4v) is 3.55. The molecule has 0 aliphatic carbocycles. The van der Waals surface area contributed by atoms with E-state index in [1.807, 2.05) is 0 Å². The average molecular weight is 458 g/mol. The minimum Gasteiger partial charge on any atom is -0.383 e. The third kappa shape index (κ3) is 3.31. The molecule has 0 radical (unpaired) electrons. The second-order valence-corrected chi connectivity index (χ2v) is 7.93. The van der Waals surface area contributed by atoms with Gasteiger partial charge < -0.3 is 11.1 Å². The number of nitrogen functional groups attached to an aromatic ring is 1. The molecule has 0 bridgehead atoms. The minimum absolute atomic E-state index is 0.0232. The van der Waals surface area contributed by atoms with Gasteiger partial charge in [0.1, 0.15) is 17.5 Å². The lowest BCUT2D eigenvalue weighted by Gasteiger charge is -2.18. The molecule has 7 nitrogen and oxygen atoms in total. The third-order valence-electron chi connectivity index (χ3n) is 5.35. The van der Waals surface area contributed by atoms with Gasteiger partial charge in [-0.3, -0.25) is 4.79 Å². The van der Waals surface area contributed by atoms with E-state index in [0.29, 0.717) is 5.56 Å². The molecular weight excluding hydrogens is 442 g/mol. The van der Waals surface area contributed by atoms with Gasteiger partial charge in [0.2, 0.25) is 5.91 Å². The summed E-state index contributed by atoms with van der Waals surface area (Å²) < 4.78 is 79.3. The predicted molar refractivity (Wildman–Crippen MR) is 102 cm³/mol. The van der Waals surface area contributed by atoms with Crippen LogP contribution in [0.3, 0.4) is 0 Å². The first-order chi connectivity index (χ1) is 14.7. The molecule has 1 amide bonds. The van der Waals surface area contributed by atoms with E-state index in [-0.39, 0.29) is 40.1 Å². The van der Waals surface area contributed by atoms with Gasteiger partial charge in [0, 0.05) is 11.8 Å². The van der Waals surface area contributed by atoms with Crippen LogP contribution < -0.4 is 11.1 Å². The number of nitrogens with one attached hydrogen (secondary N) is 1. The zero-order chi connectivity index (χ0) is 23.6. The summed E-state index contributed by atoms with van der Waals surface area (Å²) in [5, 5.41) is 6.66. The van der Waals surface area contributed by atoms with Crippen molar-refractivity contribution in [3.05, 3.63) is 35.3 Å². The zero-order valence-corrected chi connectivity index (χ0v) is 16.7. The Morgan fingerprint density at radius 2 is 1.84 bits per heavy atom. The Labute approximate surface area is 176 Å². The van der Waals surface area contributed by atoms with Crippen LogP contribution in [0.2, 0.25) is 0 Å². The van der Waals surface area contributed by atoms with Crippen molar-refractivity contribution >= 4 is 28.4 Å². The van der Waals surface area contributed by atoms with Crippen LogP contribution in [0.25, 0.3) is 16.9 Å². The van der Waals surface area contributed by atoms with E-state index in [2.05, 4.69) is 20.4 Å². The number of nitrogens with two attached hydrogens (primary N) is 1. The van der Waals surface area contributed by atoms with E-state index in [1.54, 1.807) is 13.8 Å². The number of aryl methyl sites for hydroxylation is 1. The molecule has 2 aromatic heterocycles. The summed E-state index contributed by atoms with van der Waals surface area (Å²) in [5.41, 5.74) is 5.35. The van der Waals surface area contributed by atoms with Crippen molar-refractivity contribution in [2.75, 3.05) is 11.1 Å². The summed E-state index contributed by atoms with van der Waals surface area (Å²) in [5.74, 6) is -6.12. The number of halogens is 6. The van der Waals surface area contributed by atoms with Gasteiger partial charge in [0.05, 0.1) is 22.2 Å². The molecule has 0 fully saturated rings. The maximum atomic E-state index is 13.8.